The third-order valence-corrected chi connectivity index (χ3v) is 6.23. The van der Waals surface area contributed by atoms with Gasteiger partial charge in [0.1, 0.15) is 5.78 Å². The van der Waals surface area contributed by atoms with Gasteiger partial charge in [-0.1, -0.05) is 42.8 Å². The number of Topliss-reactive ketones (excluding diaryl/α,β-unsaturated/α-hetero) is 1. The van der Waals surface area contributed by atoms with E-state index in [1.165, 1.54) is 12.1 Å². The molecule has 0 saturated heterocycles. The number of sulfonamides is 1. The third-order valence-electron chi connectivity index (χ3n) is 4.43. The normalized spacial score (nSPS) is 16.8. The molecule has 0 bridgehead atoms. The van der Waals surface area contributed by atoms with E-state index in [1.807, 2.05) is 6.92 Å². The van der Waals surface area contributed by atoms with Gasteiger partial charge in [-0.2, -0.15) is 0 Å². The van der Waals surface area contributed by atoms with E-state index in [1.54, 1.807) is 43.3 Å². The minimum absolute atomic E-state index is 0.00958. The zero-order valence-corrected chi connectivity index (χ0v) is 14.9. The van der Waals surface area contributed by atoms with E-state index < -0.39 is 22.0 Å². The Labute approximate surface area is 147 Å². The van der Waals surface area contributed by atoms with Crippen molar-refractivity contribution in [3.63, 3.8) is 0 Å². The largest absolute Gasteiger partial charge is 0.300 e. The second kappa shape index (κ2) is 6.44. The molecule has 1 aliphatic rings. The van der Waals surface area contributed by atoms with Crippen molar-refractivity contribution >= 4 is 21.7 Å². The Morgan fingerprint density at radius 2 is 1.72 bits per heavy atom. The smallest absolute Gasteiger partial charge is 0.268 e. The summed E-state index contributed by atoms with van der Waals surface area (Å²) in [5.74, 6) is -0.663. The molecular formula is C19H19NO4S. The van der Waals surface area contributed by atoms with Gasteiger partial charge >= 0.3 is 0 Å². The Morgan fingerprint density at radius 3 is 2.36 bits per heavy atom. The molecule has 0 radical (unpaired) electrons. The van der Waals surface area contributed by atoms with Gasteiger partial charge in [0.25, 0.3) is 15.9 Å². The van der Waals surface area contributed by atoms with E-state index >= 15 is 0 Å². The number of amides is 1. The summed E-state index contributed by atoms with van der Waals surface area (Å²) in [6.45, 7) is 3.58. The number of aryl methyl sites for hydroxylation is 1. The fourth-order valence-corrected chi connectivity index (χ4v) is 4.57. The van der Waals surface area contributed by atoms with Gasteiger partial charge in [-0.15, -0.1) is 0 Å². The number of fused-ring (bicyclic) bond motifs is 1. The van der Waals surface area contributed by atoms with Crippen LogP contribution in [0.2, 0.25) is 0 Å². The summed E-state index contributed by atoms with van der Waals surface area (Å²) in [5.41, 5.74) is 1.85. The maximum atomic E-state index is 13.1. The maximum absolute atomic E-state index is 13.1. The molecule has 6 heteroatoms. The van der Waals surface area contributed by atoms with Crippen LogP contribution < -0.4 is 0 Å². The molecule has 1 atom stereocenters. The van der Waals surface area contributed by atoms with Gasteiger partial charge in [0, 0.05) is 18.4 Å². The summed E-state index contributed by atoms with van der Waals surface area (Å²) in [6, 6.07) is 12.3. The summed E-state index contributed by atoms with van der Waals surface area (Å²) in [6.07, 6.45) is 0.287. The molecule has 0 spiro atoms. The lowest BCUT2D eigenvalue weighted by molar-refractivity contribution is -0.119. The molecule has 5 nitrogen and oxygen atoms in total. The molecule has 2 aromatic rings. The molecule has 0 aliphatic carbocycles. The second-order valence-corrected chi connectivity index (χ2v) is 7.93. The number of benzene rings is 2. The third kappa shape index (κ3) is 2.98. The first-order chi connectivity index (χ1) is 11.9. The van der Waals surface area contributed by atoms with E-state index in [2.05, 4.69) is 0 Å². The Balaban J connectivity index is 2.11. The van der Waals surface area contributed by atoms with Gasteiger partial charge < -0.3 is 0 Å². The van der Waals surface area contributed by atoms with Crippen LogP contribution in [0.3, 0.4) is 0 Å². The van der Waals surface area contributed by atoms with Crippen LogP contribution in [0.4, 0.5) is 0 Å². The Kier molecular flexibility index (Phi) is 4.47. The molecule has 0 saturated carbocycles. The molecule has 1 heterocycles. The number of nitrogens with zero attached hydrogens (tertiary/aromatic N) is 1. The topological polar surface area (TPSA) is 71.5 Å². The summed E-state index contributed by atoms with van der Waals surface area (Å²) >= 11 is 0. The minimum Gasteiger partial charge on any atom is -0.300 e. The number of hydrogen-bond donors (Lipinski definition) is 0. The average molecular weight is 357 g/mol. The molecule has 0 fully saturated rings. The average Bonchev–Trinajstić information content (AvgIpc) is 2.88. The predicted molar refractivity (Wildman–Crippen MR) is 93.6 cm³/mol. The Bertz CT molecular complexity index is 932. The molecule has 2 aromatic carbocycles. The summed E-state index contributed by atoms with van der Waals surface area (Å²) in [5, 5.41) is 0. The van der Waals surface area contributed by atoms with Crippen LogP contribution in [0.25, 0.3) is 0 Å². The molecule has 25 heavy (non-hydrogen) atoms. The molecular weight excluding hydrogens is 338 g/mol. The van der Waals surface area contributed by atoms with Crippen LogP contribution in [0.15, 0.2) is 53.4 Å². The van der Waals surface area contributed by atoms with Gasteiger partial charge in [0.2, 0.25) is 0 Å². The minimum atomic E-state index is -4.04. The summed E-state index contributed by atoms with van der Waals surface area (Å²) < 4.78 is 27.1. The first-order valence-electron chi connectivity index (χ1n) is 8.12. The monoisotopic (exact) mass is 357 g/mol. The first kappa shape index (κ1) is 17.4. The quantitative estimate of drug-likeness (QED) is 0.823. The maximum Gasteiger partial charge on any atom is 0.268 e. The van der Waals surface area contributed by atoms with Crippen molar-refractivity contribution in [1.82, 2.24) is 4.31 Å². The summed E-state index contributed by atoms with van der Waals surface area (Å²) in [4.78, 5) is 24.9. The summed E-state index contributed by atoms with van der Waals surface area (Å²) in [7, 11) is -4.04. The lowest BCUT2D eigenvalue weighted by Crippen LogP contribution is -2.35. The van der Waals surface area contributed by atoms with Gasteiger partial charge in [-0.25, -0.2) is 12.7 Å². The first-order valence-corrected chi connectivity index (χ1v) is 9.56. The highest BCUT2D eigenvalue weighted by Gasteiger charge is 2.44. The fraction of sp³-hybridized carbons (Fsp3) is 0.263. The SMILES string of the molecule is CCC(=O)CC1c2ccccc2C(=O)N1S(=O)(=O)c1ccc(C)cc1. The van der Waals surface area contributed by atoms with Gasteiger partial charge in [0.15, 0.2) is 0 Å². The van der Waals surface area contributed by atoms with Crippen LogP contribution in [-0.4, -0.2) is 24.4 Å². The lowest BCUT2D eigenvalue weighted by atomic mass is 10.00. The Hall–Kier alpha value is -2.47. The van der Waals surface area contributed by atoms with Crippen molar-refractivity contribution in [1.29, 1.82) is 0 Å². The van der Waals surface area contributed by atoms with Crippen molar-refractivity contribution in [2.75, 3.05) is 0 Å². The predicted octanol–water partition coefficient (Wildman–Crippen LogP) is 3.25. The fourth-order valence-electron chi connectivity index (χ4n) is 3.02. The van der Waals surface area contributed by atoms with Crippen LogP contribution in [-0.2, 0) is 14.8 Å². The standard InChI is InChI=1S/C19H19NO4S/c1-3-14(21)12-18-16-6-4-5-7-17(16)19(22)20(18)25(23,24)15-10-8-13(2)9-11-15/h4-11,18H,3,12H2,1-2H3. The number of carbonyl (C=O) groups is 2. The van der Waals surface area contributed by atoms with Crippen molar-refractivity contribution in [2.24, 2.45) is 0 Å². The van der Waals surface area contributed by atoms with E-state index in [9.17, 15) is 18.0 Å². The molecule has 3 rings (SSSR count). The van der Waals surface area contributed by atoms with E-state index in [4.69, 9.17) is 0 Å². The number of carbonyl (C=O) groups excluding carboxylic acids is 2. The number of rotatable bonds is 5. The van der Waals surface area contributed by atoms with Crippen molar-refractivity contribution in [3.05, 3.63) is 65.2 Å². The lowest BCUT2D eigenvalue weighted by Gasteiger charge is -2.24. The van der Waals surface area contributed by atoms with Gasteiger partial charge in [-0.05, 0) is 30.7 Å². The van der Waals surface area contributed by atoms with E-state index in [0.717, 1.165) is 9.87 Å². The zero-order valence-electron chi connectivity index (χ0n) is 14.1. The van der Waals surface area contributed by atoms with Crippen LogP contribution in [0.1, 0.15) is 47.3 Å². The molecule has 0 N–H and O–H groups in total. The van der Waals surface area contributed by atoms with Crippen LogP contribution in [0, 0.1) is 6.92 Å². The van der Waals surface area contributed by atoms with Crippen molar-refractivity contribution < 1.29 is 18.0 Å². The van der Waals surface area contributed by atoms with Crippen molar-refractivity contribution in [3.8, 4) is 0 Å². The molecule has 1 unspecified atom stereocenters. The van der Waals surface area contributed by atoms with E-state index in [0.29, 0.717) is 17.5 Å². The number of ketones is 1. The molecule has 0 aromatic heterocycles. The molecule has 130 valence electrons. The van der Waals surface area contributed by atoms with Crippen LogP contribution >= 0.6 is 0 Å². The highest BCUT2D eigenvalue weighted by Crippen LogP contribution is 2.40. The van der Waals surface area contributed by atoms with E-state index in [-0.39, 0.29) is 17.1 Å². The Morgan fingerprint density at radius 1 is 1.08 bits per heavy atom. The van der Waals surface area contributed by atoms with Gasteiger partial charge in [-0.3, -0.25) is 9.59 Å². The molecule has 1 amide bonds. The zero-order chi connectivity index (χ0) is 18.2. The highest BCUT2D eigenvalue weighted by atomic mass is 32.2. The van der Waals surface area contributed by atoms with Crippen LogP contribution in [0.5, 0.6) is 0 Å². The highest BCUT2D eigenvalue weighted by molar-refractivity contribution is 7.89. The molecule has 1 aliphatic heterocycles. The number of hydrogen-bond acceptors (Lipinski definition) is 4. The van der Waals surface area contributed by atoms with Gasteiger partial charge in [0.05, 0.1) is 10.9 Å². The second-order valence-electron chi connectivity index (χ2n) is 6.12. The van der Waals surface area contributed by atoms with Crippen molar-refractivity contribution in [2.45, 2.75) is 37.6 Å².